The summed E-state index contributed by atoms with van der Waals surface area (Å²) >= 11 is 3.56. The van der Waals surface area contributed by atoms with Gasteiger partial charge in [0.15, 0.2) is 0 Å². The normalized spacial score (nSPS) is 28.1. The Morgan fingerprint density at radius 3 is 2.40 bits per heavy atom. The summed E-state index contributed by atoms with van der Waals surface area (Å²) in [6.07, 6.45) is 3.81. The molecule has 1 fully saturated rings. The Morgan fingerprint density at radius 1 is 1.25 bits per heavy atom. The second kappa shape index (κ2) is 6.92. The van der Waals surface area contributed by atoms with Crippen LogP contribution in [0.5, 0.6) is 5.75 Å². The molecule has 1 saturated carbocycles. The summed E-state index contributed by atoms with van der Waals surface area (Å²) in [5.41, 5.74) is 4.26. The van der Waals surface area contributed by atoms with Crippen molar-refractivity contribution in [3.63, 3.8) is 0 Å². The molecule has 0 spiro atoms. The van der Waals surface area contributed by atoms with Crippen LogP contribution in [0, 0.1) is 17.8 Å². The van der Waals surface area contributed by atoms with Crippen LogP contribution in [0.3, 0.4) is 0 Å². The van der Waals surface area contributed by atoms with E-state index in [1.807, 2.05) is 6.07 Å². The number of ether oxygens (including phenoxy) is 1. The molecule has 0 heterocycles. The lowest BCUT2D eigenvalue weighted by Gasteiger charge is -2.36. The summed E-state index contributed by atoms with van der Waals surface area (Å²) in [6, 6.07) is 6.44. The highest BCUT2D eigenvalue weighted by molar-refractivity contribution is 9.10. The molecule has 2 rings (SSSR count). The molecule has 1 aromatic rings. The number of hydrazine groups is 1. The van der Waals surface area contributed by atoms with Crippen LogP contribution in [-0.4, -0.2) is 7.11 Å². The first kappa shape index (κ1) is 15.8. The van der Waals surface area contributed by atoms with E-state index >= 15 is 0 Å². The van der Waals surface area contributed by atoms with Gasteiger partial charge < -0.3 is 4.74 Å². The Balaban J connectivity index is 2.21. The standard InChI is InChI=1S/C16H25BrN2O/c1-10-6-11(2)8-13(7-10)16(19-18)12-4-5-15(20-3)14(17)9-12/h4-5,9-11,13,16,19H,6-8,18H2,1-3H3. The van der Waals surface area contributed by atoms with Crippen molar-refractivity contribution in [3.05, 3.63) is 28.2 Å². The summed E-state index contributed by atoms with van der Waals surface area (Å²) in [5.74, 6) is 8.86. The monoisotopic (exact) mass is 340 g/mol. The summed E-state index contributed by atoms with van der Waals surface area (Å²) in [4.78, 5) is 0. The molecule has 0 radical (unpaired) electrons. The average molecular weight is 341 g/mol. The van der Waals surface area contributed by atoms with E-state index in [2.05, 4.69) is 47.3 Å². The molecule has 1 aliphatic rings. The number of hydrogen-bond acceptors (Lipinski definition) is 3. The molecule has 1 aromatic carbocycles. The van der Waals surface area contributed by atoms with E-state index in [1.165, 1.54) is 24.8 Å². The topological polar surface area (TPSA) is 47.3 Å². The molecule has 3 N–H and O–H groups in total. The van der Waals surface area contributed by atoms with Crippen LogP contribution in [0.25, 0.3) is 0 Å². The number of methoxy groups -OCH3 is 1. The minimum Gasteiger partial charge on any atom is -0.496 e. The zero-order chi connectivity index (χ0) is 14.7. The van der Waals surface area contributed by atoms with Gasteiger partial charge in [-0.1, -0.05) is 19.9 Å². The Labute approximate surface area is 130 Å². The first-order valence-corrected chi connectivity index (χ1v) is 8.14. The summed E-state index contributed by atoms with van der Waals surface area (Å²) in [5, 5.41) is 0. The molecule has 20 heavy (non-hydrogen) atoms. The van der Waals surface area contributed by atoms with Gasteiger partial charge in [0.1, 0.15) is 5.75 Å². The molecule has 112 valence electrons. The second-order valence-electron chi connectivity index (χ2n) is 6.22. The molecule has 0 aliphatic heterocycles. The quantitative estimate of drug-likeness (QED) is 0.642. The lowest BCUT2D eigenvalue weighted by Crippen LogP contribution is -2.37. The number of nitrogens with one attached hydrogen (secondary N) is 1. The van der Waals surface area contributed by atoms with Gasteiger partial charge in [-0.3, -0.25) is 11.3 Å². The van der Waals surface area contributed by atoms with Gasteiger partial charge in [-0.2, -0.15) is 0 Å². The highest BCUT2D eigenvalue weighted by Crippen LogP contribution is 2.40. The van der Waals surface area contributed by atoms with Crippen molar-refractivity contribution in [3.8, 4) is 5.75 Å². The first-order valence-electron chi connectivity index (χ1n) is 7.34. The van der Waals surface area contributed by atoms with E-state index in [0.29, 0.717) is 5.92 Å². The lowest BCUT2D eigenvalue weighted by molar-refractivity contribution is 0.177. The molecule has 3 unspecified atom stereocenters. The number of rotatable bonds is 4. The molecule has 3 nitrogen and oxygen atoms in total. The first-order chi connectivity index (χ1) is 9.55. The van der Waals surface area contributed by atoms with E-state index < -0.39 is 0 Å². The highest BCUT2D eigenvalue weighted by atomic mass is 79.9. The number of nitrogens with two attached hydrogens (primary N) is 1. The van der Waals surface area contributed by atoms with E-state index in [9.17, 15) is 0 Å². The van der Waals surface area contributed by atoms with Gasteiger partial charge in [-0.15, -0.1) is 0 Å². The maximum atomic E-state index is 5.85. The Kier molecular flexibility index (Phi) is 5.47. The maximum Gasteiger partial charge on any atom is 0.133 e. The van der Waals surface area contributed by atoms with E-state index in [-0.39, 0.29) is 6.04 Å². The molecule has 3 atom stereocenters. The maximum absolute atomic E-state index is 5.85. The van der Waals surface area contributed by atoms with Crippen molar-refractivity contribution in [2.45, 2.75) is 39.2 Å². The van der Waals surface area contributed by atoms with Gasteiger partial charge in [0.05, 0.1) is 11.6 Å². The Hall–Kier alpha value is -0.580. The second-order valence-corrected chi connectivity index (χ2v) is 7.07. The third-order valence-corrected chi connectivity index (χ3v) is 5.02. The molecule has 1 aliphatic carbocycles. The van der Waals surface area contributed by atoms with Gasteiger partial charge in [-0.05, 0) is 70.6 Å². The van der Waals surface area contributed by atoms with Gasteiger partial charge in [-0.25, -0.2) is 0 Å². The fourth-order valence-electron chi connectivity index (χ4n) is 3.66. The van der Waals surface area contributed by atoms with Crippen molar-refractivity contribution in [1.29, 1.82) is 0 Å². The van der Waals surface area contributed by atoms with Crippen molar-refractivity contribution >= 4 is 15.9 Å². The summed E-state index contributed by atoms with van der Waals surface area (Å²) < 4.78 is 6.28. The van der Waals surface area contributed by atoms with E-state index in [1.54, 1.807) is 7.11 Å². The van der Waals surface area contributed by atoms with Crippen LogP contribution < -0.4 is 16.0 Å². The van der Waals surface area contributed by atoms with Crippen LogP contribution >= 0.6 is 15.9 Å². The van der Waals surface area contributed by atoms with E-state index in [4.69, 9.17) is 10.6 Å². The molecular formula is C16H25BrN2O. The van der Waals surface area contributed by atoms with Gasteiger partial charge >= 0.3 is 0 Å². The third kappa shape index (κ3) is 3.54. The minimum atomic E-state index is 0.211. The van der Waals surface area contributed by atoms with Crippen molar-refractivity contribution in [1.82, 2.24) is 5.43 Å². The molecule has 0 bridgehead atoms. The predicted molar refractivity (Wildman–Crippen MR) is 86.4 cm³/mol. The molecular weight excluding hydrogens is 316 g/mol. The van der Waals surface area contributed by atoms with Crippen LogP contribution in [0.2, 0.25) is 0 Å². The van der Waals surface area contributed by atoms with Gasteiger partial charge in [0, 0.05) is 6.04 Å². The summed E-state index contributed by atoms with van der Waals surface area (Å²) in [6.45, 7) is 4.69. The molecule has 0 saturated heterocycles. The van der Waals surface area contributed by atoms with Crippen molar-refractivity contribution < 1.29 is 4.74 Å². The fourth-order valence-corrected chi connectivity index (χ4v) is 4.22. The number of hydrogen-bond donors (Lipinski definition) is 2. The largest absolute Gasteiger partial charge is 0.496 e. The fraction of sp³-hybridized carbons (Fsp3) is 0.625. The van der Waals surface area contributed by atoms with Crippen LogP contribution in [0.15, 0.2) is 22.7 Å². The van der Waals surface area contributed by atoms with Crippen LogP contribution in [0.4, 0.5) is 0 Å². The van der Waals surface area contributed by atoms with Gasteiger partial charge in [0.25, 0.3) is 0 Å². The Morgan fingerprint density at radius 2 is 1.90 bits per heavy atom. The highest BCUT2D eigenvalue weighted by Gasteiger charge is 2.30. The zero-order valence-corrected chi connectivity index (χ0v) is 14.1. The molecule has 0 aromatic heterocycles. The predicted octanol–water partition coefficient (Wildman–Crippen LogP) is 4.03. The lowest BCUT2D eigenvalue weighted by atomic mass is 9.72. The number of halogens is 1. The smallest absolute Gasteiger partial charge is 0.133 e. The minimum absolute atomic E-state index is 0.211. The SMILES string of the molecule is COc1ccc(C(NN)C2CC(C)CC(C)C2)cc1Br. The Bertz CT molecular complexity index is 442. The molecule has 0 amide bonds. The van der Waals surface area contributed by atoms with Crippen LogP contribution in [-0.2, 0) is 0 Å². The van der Waals surface area contributed by atoms with Crippen LogP contribution in [0.1, 0.15) is 44.7 Å². The zero-order valence-electron chi connectivity index (χ0n) is 12.5. The third-order valence-electron chi connectivity index (χ3n) is 4.40. The van der Waals surface area contributed by atoms with E-state index in [0.717, 1.165) is 22.1 Å². The molecule has 4 heteroatoms. The summed E-state index contributed by atoms with van der Waals surface area (Å²) in [7, 11) is 1.68. The van der Waals surface area contributed by atoms with Crippen molar-refractivity contribution in [2.24, 2.45) is 23.6 Å². The van der Waals surface area contributed by atoms with Gasteiger partial charge in [0.2, 0.25) is 0 Å². The van der Waals surface area contributed by atoms with Crippen molar-refractivity contribution in [2.75, 3.05) is 7.11 Å². The number of benzene rings is 1. The average Bonchev–Trinajstić information content (AvgIpc) is 2.38.